The standard InChI is InChI=1S/C20H26N4O3/c1-23-10-12-24(13-11-23)19-15-16(7-8-21-19)20(25)22-9-14-27-18-5-3-17(26-2)4-6-18/h3-8,15H,9-14H2,1-2H3,(H,22,25). The number of likely N-dealkylation sites (N-methyl/N-ethyl adjacent to an activating group) is 1. The SMILES string of the molecule is COc1ccc(OCCNC(=O)c2ccnc(N3CCN(C)CC3)c2)cc1. The fourth-order valence-corrected chi connectivity index (χ4v) is 2.88. The van der Waals surface area contributed by atoms with Gasteiger partial charge in [-0.3, -0.25) is 4.79 Å². The molecule has 7 nitrogen and oxygen atoms in total. The van der Waals surface area contributed by atoms with Gasteiger partial charge in [0, 0.05) is 37.9 Å². The van der Waals surface area contributed by atoms with E-state index in [1.807, 2.05) is 30.3 Å². The first-order valence-corrected chi connectivity index (χ1v) is 9.10. The third kappa shape index (κ3) is 5.34. The number of ether oxygens (including phenoxy) is 2. The molecule has 0 radical (unpaired) electrons. The monoisotopic (exact) mass is 370 g/mol. The van der Waals surface area contributed by atoms with Crippen LogP contribution in [0, 0.1) is 0 Å². The highest BCUT2D eigenvalue weighted by Gasteiger charge is 2.16. The number of methoxy groups -OCH3 is 1. The van der Waals surface area contributed by atoms with E-state index in [1.165, 1.54) is 0 Å². The van der Waals surface area contributed by atoms with Gasteiger partial charge in [0.05, 0.1) is 13.7 Å². The zero-order valence-electron chi connectivity index (χ0n) is 15.9. The number of rotatable bonds is 7. The molecule has 1 saturated heterocycles. The van der Waals surface area contributed by atoms with Gasteiger partial charge in [-0.25, -0.2) is 4.98 Å². The molecule has 1 N–H and O–H groups in total. The van der Waals surface area contributed by atoms with Gasteiger partial charge in [0.25, 0.3) is 5.91 Å². The predicted molar refractivity (Wildman–Crippen MR) is 105 cm³/mol. The fraction of sp³-hybridized carbons (Fsp3) is 0.400. The molecule has 2 heterocycles. The number of amides is 1. The molecular formula is C20H26N4O3. The van der Waals surface area contributed by atoms with Crippen LogP contribution in [-0.2, 0) is 0 Å². The summed E-state index contributed by atoms with van der Waals surface area (Å²) in [6.07, 6.45) is 1.69. The van der Waals surface area contributed by atoms with Crippen LogP contribution in [0.2, 0.25) is 0 Å². The molecule has 3 rings (SSSR count). The number of piperazine rings is 1. The van der Waals surface area contributed by atoms with Crippen LogP contribution in [-0.4, -0.2) is 69.3 Å². The lowest BCUT2D eigenvalue weighted by Crippen LogP contribution is -2.44. The van der Waals surface area contributed by atoms with E-state index in [-0.39, 0.29) is 5.91 Å². The van der Waals surface area contributed by atoms with E-state index < -0.39 is 0 Å². The Morgan fingerprint density at radius 1 is 1.11 bits per heavy atom. The molecule has 0 atom stereocenters. The van der Waals surface area contributed by atoms with Crippen molar-refractivity contribution in [2.45, 2.75) is 0 Å². The van der Waals surface area contributed by atoms with Crippen molar-refractivity contribution < 1.29 is 14.3 Å². The van der Waals surface area contributed by atoms with Crippen LogP contribution in [0.3, 0.4) is 0 Å². The Labute approximate surface area is 159 Å². The summed E-state index contributed by atoms with van der Waals surface area (Å²) in [5.74, 6) is 2.26. The molecular weight excluding hydrogens is 344 g/mol. The first-order valence-electron chi connectivity index (χ1n) is 9.10. The molecule has 0 unspecified atom stereocenters. The Bertz CT molecular complexity index is 743. The Morgan fingerprint density at radius 3 is 2.52 bits per heavy atom. The van der Waals surface area contributed by atoms with Crippen LogP contribution in [0.5, 0.6) is 11.5 Å². The van der Waals surface area contributed by atoms with Crippen LogP contribution in [0.15, 0.2) is 42.6 Å². The number of hydrogen-bond donors (Lipinski definition) is 1. The van der Waals surface area contributed by atoms with Crippen molar-refractivity contribution in [2.75, 3.05) is 58.4 Å². The highest BCUT2D eigenvalue weighted by atomic mass is 16.5. The second-order valence-corrected chi connectivity index (χ2v) is 6.47. The van der Waals surface area contributed by atoms with Gasteiger partial charge in [0.15, 0.2) is 0 Å². The van der Waals surface area contributed by atoms with E-state index in [9.17, 15) is 4.79 Å². The number of hydrogen-bond acceptors (Lipinski definition) is 6. The average molecular weight is 370 g/mol. The van der Waals surface area contributed by atoms with E-state index in [4.69, 9.17) is 9.47 Å². The van der Waals surface area contributed by atoms with Gasteiger partial charge >= 0.3 is 0 Å². The molecule has 1 amide bonds. The number of carbonyl (C=O) groups excluding carboxylic acids is 1. The third-order valence-electron chi connectivity index (χ3n) is 4.55. The molecule has 1 aromatic carbocycles. The lowest BCUT2D eigenvalue weighted by molar-refractivity contribution is 0.0947. The highest BCUT2D eigenvalue weighted by Crippen LogP contribution is 2.17. The molecule has 2 aromatic rings. The first kappa shape index (κ1) is 19.0. The van der Waals surface area contributed by atoms with E-state index in [0.717, 1.165) is 43.5 Å². The Hall–Kier alpha value is -2.80. The van der Waals surface area contributed by atoms with E-state index >= 15 is 0 Å². The first-order chi connectivity index (χ1) is 13.2. The second-order valence-electron chi connectivity index (χ2n) is 6.47. The van der Waals surface area contributed by atoms with Gasteiger partial charge in [0.1, 0.15) is 23.9 Å². The quantitative estimate of drug-likeness (QED) is 0.748. The van der Waals surface area contributed by atoms with Crippen molar-refractivity contribution in [3.8, 4) is 11.5 Å². The third-order valence-corrected chi connectivity index (χ3v) is 4.55. The maximum absolute atomic E-state index is 12.4. The minimum atomic E-state index is -0.119. The molecule has 1 aliphatic heterocycles. The number of aromatic nitrogens is 1. The molecule has 1 aromatic heterocycles. The number of pyridine rings is 1. The van der Waals surface area contributed by atoms with Crippen molar-refractivity contribution in [2.24, 2.45) is 0 Å². The van der Waals surface area contributed by atoms with Crippen LogP contribution < -0.4 is 19.7 Å². The van der Waals surface area contributed by atoms with Crippen LogP contribution in [0.25, 0.3) is 0 Å². The lowest BCUT2D eigenvalue weighted by atomic mass is 10.2. The minimum absolute atomic E-state index is 0.119. The van der Waals surface area contributed by atoms with Crippen molar-refractivity contribution in [1.29, 1.82) is 0 Å². The smallest absolute Gasteiger partial charge is 0.251 e. The minimum Gasteiger partial charge on any atom is -0.497 e. The van der Waals surface area contributed by atoms with E-state index in [1.54, 1.807) is 19.4 Å². The number of nitrogens with one attached hydrogen (secondary N) is 1. The van der Waals surface area contributed by atoms with Crippen molar-refractivity contribution >= 4 is 11.7 Å². The molecule has 144 valence electrons. The molecule has 0 spiro atoms. The van der Waals surface area contributed by atoms with Gasteiger partial charge in [-0.1, -0.05) is 0 Å². The molecule has 27 heavy (non-hydrogen) atoms. The van der Waals surface area contributed by atoms with Crippen molar-refractivity contribution in [1.82, 2.24) is 15.2 Å². The zero-order valence-corrected chi connectivity index (χ0v) is 15.9. The second kappa shape index (κ2) is 9.23. The summed E-state index contributed by atoms with van der Waals surface area (Å²) < 4.78 is 10.7. The molecule has 1 fully saturated rings. The number of carbonyl (C=O) groups is 1. The van der Waals surface area contributed by atoms with Crippen LogP contribution in [0.1, 0.15) is 10.4 Å². The summed E-state index contributed by atoms with van der Waals surface area (Å²) in [6, 6.07) is 10.9. The summed E-state index contributed by atoms with van der Waals surface area (Å²) in [5.41, 5.74) is 0.614. The maximum Gasteiger partial charge on any atom is 0.251 e. The number of benzene rings is 1. The van der Waals surface area contributed by atoms with Gasteiger partial charge in [-0.15, -0.1) is 0 Å². The summed E-state index contributed by atoms with van der Waals surface area (Å²) in [5, 5.41) is 2.89. The van der Waals surface area contributed by atoms with Gasteiger partial charge < -0.3 is 24.6 Å². The molecule has 0 aliphatic carbocycles. The molecule has 0 saturated carbocycles. The molecule has 0 bridgehead atoms. The Morgan fingerprint density at radius 2 is 1.81 bits per heavy atom. The van der Waals surface area contributed by atoms with Crippen LogP contribution in [0.4, 0.5) is 5.82 Å². The maximum atomic E-state index is 12.4. The van der Waals surface area contributed by atoms with Crippen LogP contribution >= 0.6 is 0 Å². The average Bonchev–Trinajstić information content (AvgIpc) is 2.72. The van der Waals surface area contributed by atoms with Gasteiger partial charge in [-0.2, -0.15) is 0 Å². The summed E-state index contributed by atoms with van der Waals surface area (Å²) >= 11 is 0. The normalized spacial score (nSPS) is 14.7. The zero-order chi connectivity index (χ0) is 19.1. The molecule has 7 heteroatoms. The largest absolute Gasteiger partial charge is 0.497 e. The number of nitrogens with zero attached hydrogens (tertiary/aromatic N) is 3. The van der Waals surface area contributed by atoms with Crippen molar-refractivity contribution in [3.63, 3.8) is 0 Å². The lowest BCUT2D eigenvalue weighted by Gasteiger charge is -2.33. The summed E-state index contributed by atoms with van der Waals surface area (Å²) in [6.45, 7) is 4.67. The Kier molecular flexibility index (Phi) is 6.49. The van der Waals surface area contributed by atoms with Crippen molar-refractivity contribution in [3.05, 3.63) is 48.2 Å². The summed E-state index contributed by atoms with van der Waals surface area (Å²) in [7, 11) is 3.74. The van der Waals surface area contributed by atoms with Gasteiger partial charge in [-0.05, 0) is 43.4 Å². The fourth-order valence-electron chi connectivity index (χ4n) is 2.88. The highest BCUT2D eigenvalue weighted by molar-refractivity contribution is 5.94. The number of anilines is 1. The summed E-state index contributed by atoms with van der Waals surface area (Å²) in [4.78, 5) is 21.3. The molecule has 1 aliphatic rings. The predicted octanol–water partition coefficient (Wildman–Crippen LogP) is 1.65. The van der Waals surface area contributed by atoms with Gasteiger partial charge in [0.2, 0.25) is 0 Å². The van der Waals surface area contributed by atoms with E-state index in [0.29, 0.717) is 18.7 Å². The Balaban J connectivity index is 1.47. The topological polar surface area (TPSA) is 66.9 Å². The van der Waals surface area contributed by atoms with E-state index in [2.05, 4.69) is 27.1 Å².